The van der Waals surface area contributed by atoms with Crippen LogP contribution in [0.15, 0.2) is 206 Å². The molecule has 6 saturated heterocycles. The van der Waals surface area contributed by atoms with Gasteiger partial charge < -0.3 is 4.90 Å². The van der Waals surface area contributed by atoms with Crippen LogP contribution in [-0.2, 0) is 19.3 Å². The summed E-state index contributed by atoms with van der Waals surface area (Å²) in [6.45, 7) is 51.1. The van der Waals surface area contributed by atoms with Crippen molar-refractivity contribution in [3.63, 3.8) is 0 Å². The van der Waals surface area contributed by atoms with Gasteiger partial charge in [0, 0.05) is 89.2 Å². The van der Waals surface area contributed by atoms with Gasteiger partial charge in [-0.25, -0.2) is 13.8 Å². The Hall–Kier alpha value is -6.27. The summed E-state index contributed by atoms with van der Waals surface area (Å²) in [5, 5.41) is 1.51. The molecule has 8 nitrogen and oxygen atoms in total. The molecule has 6 fully saturated rings. The van der Waals surface area contributed by atoms with Gasteiger partial charge in [-0.2, -0.15) is 39.5 Å². The minimum atomic E-state index is -4.46. The van der Waals surface area contributed by atoms with Crippen LogP contribution < -0.4 is 4.90 Å². The fourth-order valence-electron chi connectivity index (χ4n) is 20.2. The summed E-state index contributed by atoms with van der Waals surface area (Å²) >= 11 is 40.8. The maximum Gasteiger partial charge on any atom is 0.418 e. The molecule has 6 aliphatic heterocycles. The summed E-state index contributed by atoms with van der Waals surface area (Å²) in [6.07, 6.45) is -3.86. The minimum absolute atomic E-state index is 0.119. The van der Waals surface area contributed by atoms with Crippen LogP contribution in [-0.4, -0.2) is 139 Å². The molecular formula is C115H150Cl7F11N8. The van der Waals surface area contributed by atoms with E-state index < -0.39 is 36.2 Å². The molecule has 0 radical (unpaired) electrons. The number of aromatic nitrogens is 1. The number of pyridine rings is 1. The SMILES string of the molecule is CC(C)C1CCN([C@@H](c2cc(Cl)cc(Cl)c2)C(F)(F)F)CC1.CC(C)C1CCN([C@H](c2cc(Cl)cc(Cl)c2)C(F)(F)F)CC1.CC(C)[C@@H](C)CN(C)c1cc(C(F)(F)F)c(Cl)cn1.CC(C)[C@@H]1CCN(C(c2ccccc2)c2ccccc2)C1.CC(C)[C@@]1(C)CCN(Cc2cc(F)cc(Cl)c2)C1.CC(C)[C@H]1CCN(C(c2ccccc2)c2ccccc2)C1.CC(C)[C@]1(C)CCN(Cc2cc(F)cc(Cl)c2)C1. The van der Waals surface area contributed by atoms with Gasteiger partial charge in [-0.05, 0) is 309 Å². The predicted molar refractivity (Wildman–Crippen MR) is 567 cm³/mol. The van der Waals surface area contributed by atoms with Gasteiger partial charge in [-0.15, -0.1) is 0 Å². The zero-order chi connectivity index (χ0) is 104. The molecule has 0 aliphatic carbocycles. The van der Waals surface area contributed by atoms with Crippen LogP contribution >= 0.6 is 81.2 Å². The molecule has 1 aromatic heterocycles. The average Bonchev–Trinajstić information content (AvgIpc) is 1.78. The van der Waals surface area contributed by atoms with E-state index >= 15 is 0 Å². The number of hydrogen-bond acceptors (Lipinski definition) is 8. The lowest BCUT2D eigenvalue weighted by Gasteiger charge is -2.39. The van der Waals surface area contributed by atoms with Crippen LogP contribution in [0.4, 0.5) is 54.1 Å². The third kappa shape index (κ3) is 36.3. The molecule has 0 bridgehead atoms. The maximum atomic E-state index is 13.6. The first-order valence-corrected chi connectivity index (χ1v) is 52.9. The maximum absolute atomic E-state index is 13.6. The number of alkyl halides is 9. The van der Waals surface area contributed by atoms with Gasteiger partial charge in [0.1, 0.15) is 29.5 Å². The third-order valence-electron chi connectivity index (χ3n) is 30.2. The second-order valence-electron chi connectivity index (χ2n) is 42.8. The lowest BCUT2D eigenvalue weighted by Crippen LogP contribution is -2.43. The van der Waals surface area contributed by atoms with Crippen LogP contribution in [0.25, 0.3) is 0 Å². The molecule has 26 heteroatoms. The van der Waals surface area contributed by atoms with E-state index in [1.807, 2.05) is 12.1 Å². The Morgan fingerprint density at radius 3 is 0.929 bits per heavy atom. The van der Waals surface area contributed by atoms with Crippen molar-refractivity contribution < 1.29 is 48.3 Å². The van der Waals surface area contributed by atoms with Gasteiger partial charge in [0.05, 0.1) is 22.7 Å². The molecule has 9 aromatic rings. The number of hydrogen-bond donors (Lipinski definition) is 0. The fourth-order valence-corrected chi connectivity index (χ4v) is 22.0. The molecule has 0 amide bonds. The predicted octanol–water partition coefficient (Wildman–Crippen LogP) is 34.6. The first kappa shape index (κ1) is 118. The van der Waals surface area contributed by atoms with Gasteiger partial charge in [-0.3, -0.25) is 29.4 Å². The van der Waals surface area contributed by atoms with E-state index in [-0.39, 0.29) is 53.7 Å². The molecule has 0 spiro atoms. The number of rotatable bonds is 24. The highest BCUT2D eigenvalue weighted by Crippen LogP contribution is 2.47. The number of anilines is 1. The Morgan fingerprint density at radius 2 is 0.667 bits per heavy atom. The van der Waals surface area contributed by atoms with Crippen molar-refractivity contribution in [1.82, 2.24) is 34.4 Å². The Labute approximate surface area is 870 Å². The number of nitrogens with zero attached hydrogens (tertiary/aromatic N) is 8. The van der Waals surface area contributed by atoms with Crippen LogP contribution in [0.2, 0.25) is 35.2 Å². The van der Waals surface area contributed by atoms with Crippen LogP contribution in [0.1, 0.15) is 243 Å². The molecular weight excluding hydrogens is 1950 g/mol. The molecule has 8 aromatic carbocycles. The van der Waals surface area contributed by atoms with Gasteiger partial charge in [0.25, 0.3) is 0 Å². The molecule has 7 atom stereocenters. The monoisotopic (exact) mass is 2100 g/mol. The second kappa shape index (κ2) is 54.6. The summed E-state index contributed by atoms with van der Waals surface area (Å²) in [6, 6.07) is 60.2. The van der Waals surface area contributed by atoms with Crippen molar-refractivity contribution in [2.45, 2.75) is 225 Å². The Morgan fingerprint density at radius 1 is 0.369 bits per heavy atom. The average molecular weight is 2100 g/mol. The van der Waals surface area contributed by atoms with E-state index in [0.717, 1.165) is 112 Å². The normalized spacial score (nSPS) is 20.2. The standard InChI is InChI=1S/2C20H25N.2C16H20Cl2F3N.2C15H21ClFN.C13H18ClF3N2/c2*1-16(2)19-13-14-21(15-19)20(17-9-5-3-6-10-17)18-11-7-4-8-12-18;2*1-10(2)11-3-5-22(6-4-11)15(16(19,20)21)12-7-13(17)9-14(18)8-12;2*1-11(2)15(3)4-5-18(10-15)9-12-6-13(16)8-14(17)7-12;1-8(2)9(3)7-19(4)12-5-10(13(15,16)17)11(14)6-18-12/h2*3-12,16,19-20H,13-15H2,1-2H3;2*7-11,15H,3-6H2,1-2H3;2*6-8,11H,4-5,9-10H2,1-3H3;5-6,8-9H,7H2,1-4H3/t2*19-;4*15-;9-/m1010100/s1. The van der Waals surface area contributed by atoms with E-state index in [1.54, 1.807) is 24.1 Å². The first-order chi connectivity index (χ1) is 66.3. The zero-order valence-electron chi connectivity index (χ0n) is 85.5. The molecule has 0 saturated carbocycles. The zero-order valence-corrected chi connectivity index (χ0v) is 90.8. The minimum Gasteiger partial charge on any atom is -0.359 e. The number of piperidine rings is 2. The van der Waals surface area contributed by atoms with Crippen molar-refractivity contribution in [3.8, 4) is 0 Å². The van der Waals surface area contributed by atoms with Crippen molar-refractivity contribution in [2.24, 2.45) is 81.8 Å². The highest BCUT2D eigenvalue weighted by Gasteiger charge is 2.49. The lowest BCUT2D eigenvalue weighted by atomic mass is 9.78. The van der Waals surface area contributed by atoms with Gasteiger partial charge in [0.2, 0.25) is 0 Å². The quantitative estimate of drug-likeness (QED) is 0.0554. The summed E-state index contributed by atoms with van der Waals surface area (Å²) in [5.41, 5.74) is 7.74. The summed E-state index contributed by atoms with van der Waals surface area (Å²) in [4.78, 5) is 18.8. The topological polar surface area (TPSA) is 35.6 Å². The number of likely N-dealkylation sites (tertiary alicyclic amines) is 6. The number of halogens is 18. The summed E-state index contributed by atoms with van der Waals surface area (Å²) in [5.74, 6) is 7.19. The third-order valence-corrected chi connectivity index (χ3v) is 31.8. The summed E-state index contributed by atoms with van der Waals surface area (Å²) < 4.78 is 146. The smallest absolute Gasteiger partial charge is 0.359 e. The fraction of sp³-hybridized carbons (Fsp3) is 0.539. The lowest BCUT2D eigenvalue weighted by molar-refractivity contribution is -0.191. The van der Waals surface area contributed by atoms with E-state index in [0.29, 0.717) is 113 Å². The van der Waals surface area contributed by atoms with Crippen molar-refractivity contribution in [1.29, 1.82) is 0 Å². The Balaban J connectivity index is 0.000000184. The van der Waals surface area contributed by atoms with Gasteiger partial charge in [-0.1, -0.05) is 320 Å². The van der Waals surface area contributed by atoms with Crippen LogP contribution in [0.3, 0.4) is 0 Å². The highest BCUT2D eigenvalue weighted by molar-refractivity contribution is 6.35. The van der Waals surface area contributed by atoms with E-state index in [1.165, 1.54) is 132 Å². The molecule has 776 valence electrons. The molecule has 7 heterocycles. The first-order valence-electron chi connectivity index (χ1n) is 50.3. The molecule has 0 N–H and O–H groups in total. The summed E-state index contributed by atoms with van der Waals surface area (Å²) in [7, 11) is 1.73. The van der Waals surface area contributed by atoms with Gasteiger partial charge >= 0.3 is 18.5 Å². The van der Waals surface area contributed by atoms with Crippen LogP contribution in [0, 0.1) is 93.5 Å². The molecule has 0 unspecified atom stereocenters. The van der Waals surface area contributed by atoms with E-state index in [4.69, 9.17) is 81.2 Å². The van der Waals surface area contributed by atoms with Gasteiger partial charge in [0.15, 0.2) is 0 Å². The van der Waals surface area contributed by atoms with Crippen LogP contribution in [0.5, 0.6) is 0 Å². The Kier molecular flexibility index (Phi) is 45.8. The Bertz CT molecular complexity index is 4780. The van der Waals surface area contributed by atoms with E-state index in [2.05, 4.69) is 264 Å². The second-order valence-corrected chi connectivity index (χ2v) is 45.8. The number of benzene rings is 8. The van der Waals surface area contributed by atoms with E-state index in [9.17, 15) is 48.3 Å². The molecule has 141 heavy (non-hydrogen) atoms. The largest absolute Gasteiger partial charge is 0.418 e. The molecule has 6 aliphatic rings. The van der Waals surface area contributed by atoms with Crippen molar-refractivity contribution in [3.05, 3.63) is 303 Å². The van der Waals surface area contributed by atoms with Crippen molar-refractivity contribution >= 4 is 87.0 Å². The van der Waals surface area contributed by atoms with Crippen molar-refractivity contribution in [2.75, 3.05) is 97.0 Å². The highest BCUT2D eigenvalue weighted by atomic mass is 35.5. The molecule has 15 rings (SSSR count).